The van der Waals surface area contributed by atoms with Crippen LogP contribution in [-0.4, -0.2) is 101 Å². The fraction of sp³-hybridized carbons (Fsp3) is 0.333. The molecule has 8 aromatic carbocycles. The lowest BCUT2D eigenvalue weighted by Crippen LogP contribution is -2.67. The number of hydrogen-bond donors (Lipinski definition) is 1. The number of rotatable bonds is 30. The highest BCUT2D eigenvalue weighted by Gasteiger charge is 2.63. The average molecular weight is 1170 g/mol. The minimum absolute atomic E-state index is 0.0144. The van der Waals surface area contributed by atoms with Crippen LogP contribution in [0.2, 0.25) is 5.04 Å². The van der Waals surface area contributed by atoms with Crippen LogP contribution in [0.5, 0.6) is 0 Å². The second-order valence-electron chi connectivity index (χ2n) is 22.6. The molecule has 0 aliphatic carbocycles. The van der Waals surface area contributed by atoms with Gasteiger partial charge in [0, 0.05) is 0 Å². The third kappa shape index (κ3) is 16.1. The Kier molecular flexibility index (Phi) is 22.3. The summed E-state index contributed by atoms with van der Waals surface area (Å²) in [7, 11) is -3.21. The molecule has 85 heavy (non-hydrogen) atoms. The SMILES string of the molecule is CC(C)(C)[Si](OC[C@H]1O[C@@](COCc2ccccc2)(O[C@H]2O[C@H](COCCO)[C@@H](OCc3ccccc3)[C@H](OCc3ccccc3)[C@H]2OCc2ccccc2)[C@@H](OCc2ccccc2)[C@@H]1OCc1ccccc1)(c1ccccc1)c1ccccc1. The van der Waals surface area contributed by atoms with Crippen molar-refractivity contribution < 1.29 is 56.9 Å². The lowest BCUT2D eigenvalue weighted by atomic mass is 9.97. The fourth-order valence-electron chi connectivity index (χ4n) is 11.4. The van der Waals surface area contributed by atoms with E-state index in [4.69, 9.17) is 51.8 Å². The van der Waals surface area contributed by atoms with E-state index in [-0.39, 0.29) is 77.7 Å². The molecule has 0 radical (unpaired) electrons. The van der Waals surface area contributed by atoms with E-state index in [0.29, 0.717) is 0 Å². The van der Waals surface area contributed by atoms with Gasteiger partial charge in [0.15, 0.2) is 6.29 Å². The quantitative estimate of drug-likeness (QED) is 0.0341. The van der Waals surface area contributed by atoms with E-state index in [0.717, 1.165) is 43.8 Å². The van der Waals surface area contributed by atoms with Crippen molar-refractivity contribution >= 4 is 18.7 Å². The summed E-state index contributed by atoms with van der Waals surface area (Å²) in [6, 6.07) is 81.3. The maximum atomic E-state index is 10.1. The van der Waals surface area contributed by atoms with E-state index in [2.05, 4.69) is 69.3 Å². The smallest absolute Gasteiger partial charge is 0.261 e. The van der Waals surface area contributed by atoms with E-state index in [1.807, 2.05) is 194 Å². The van der Waals surface area contributed by atoms with Crippen LogP contribution in [0, 0.1) is 0 Å². The van der Waals surface area contributed by atoms with Gasteiger partial charge in [-0.15, -0.1) is 0 Å². The molecule has 444 valence electrons. The summed E-state index contributed by atoms with van der Waals surface area (Å²) in [5.74, 6) is -1.80. The van der Waals surface area contributed by atoms with Crippen LogP contribution in [0.25, 0.3) is 0 Å². The lowest BCUT2D eigenvalue weighted by Gasteiger charge is -2.48. The highest BCUT2D eigenvalue weighted by atomic mass is 28.4. The van der Waals surface area contributed by atoms with Crippen LogP contribution in [0.1, 0.15) is 54.2 Å². The van der Waals surface area contributed by atoms with E-state index in [1.165, 1.54) is 0 Å². The predicted molar refractivity (Wildman–Crippen MR) is 330 cm³/mol. The van der Waals surface area contributed by atoms with Crippen molar-refractivity contribution in [2.75, 3.05) is 33.0 Å². The molecule has 8 aromatic rings. The van der Waals surface area contributed by atoms with Gasteiger partial charge < -0.3 is 56.9 Å². The molecule has 0 aromatic heterocycles. The number of aliphatic hydroxyl groups excluding tert-OH is 1. The Labute approximate surface area is 502 Å². The number of aliphatic hydroxyl groups is 1. The number of benzene rings is 8. The molecule has 12 nitrogen and oxygen atoms in total. The summed E-state index contributed by atoms with van der Waals surface area (Å²) in [6.07, 6.45) is -7.36. The first-order valence-corrected chi connectivity index (χ1v) is 31.5. The van der Waals surface area contributed by atoms with Crippen molar-refractivity contribution in [3.05, 3.63) is 276 Å². The molecular weight excluding hydrogens is 1080 g/mol. The molecule has 2 fully saturated rings. The maximum Gasteiger partial charge on any atom is 0.261 e. The topological polar surface area (TPSA) is 122 Å². The van der Waals surface area contributed by atoms with Crippen LogP contribution in [0.4, 0.5) is 0 Å². The molecule has 2 heterocycles. The van der Waals surface area contributed by atoms with Crippen LogP contribution >= 0.6 is 0 Å². The maximum absolute atomic E-state index is 10.1. The second-order valence-corrected chi connectivity index (χ2v) is 26.9. The molecule has 10 rings (SSSR count). The average Bonchev–Trinajstić information content (AvgIpc) is 2.66. The van der Waals surface area contributed by atoms with Gasteiger partial charge in [-0.25, -0.2) is 0 Å². The van der Waals surface area contributed by atoms with Gasteiger partial charge in [0.1, 0.15) is 49.3 Å². The predicted octanol–water partition coefficient (Wildman–Crippen LogP) is 11.6. The summed E-state index contributed by atoms with van der Waals surface area (Å²) in [4.78, 5) is 0. The molecule has 0 bridgehead atoms. The Morgan fingerprint density at radius 3 is 1.21 bits per heavy atom. The highest BCUT2D eigenvalue weighted by Crippen LogP contribution is 2.44. The van der Waals surface area contributed by atoms with Crippen molar-refractivity contribution in [2.24, 2.45) is 0 Å². The third-order valence-electron chi connectivity index (χ3n) is 15.6. The minimum Gasteiger partial charge on any atom is -0.405 e. The van der Waals surface area contributed by atoms with Gasteiger partial charge in [-0.1, -0.05) is 263 Å². The third-order valence-corrected chi connectivity index (χ3v) is 20.6. The van der Waals surface area contributed by atoms with Crippen molar-refractivity contribution in [2.45, 2.75) is 120 Å². The molecule has 13 heteroatoms. The zero-order valence-corrected chi connectivity index (χ0v) is 49.9. The van der Waals surface area contributed by atoms with Gasteiger partial charge in [0.2, 0.25) is 5.79 Å². The molecule has 2 aliphatic rings. The Balaban J connectivity index is 1.12. The molecule has 0 unspecified atom stereocenters. The zero-order chi connectivity index (χ0) is 58.6. The van der Waals surface area contributed by atoms with E-state index < -0.39 is 63.1 Å². The minimum atomic E-state index is -3.21. The molecular formula is C72H80O12Si. The molecule has 2 aliphatic heterocycles. The van der Waals surface area contributed by atoms with Crippen LogP contribution < -0.4 is 10.4 Å². The molecule has 0 saturated carbocycles. The first kappa shape index (κ1) is 61.6. The molecule has 0 amide bonds. The van der Waals surface area contributed by atoms with Crippen LogP contribution in [0.15, 0.2) is 243 Å². The molecule has 1 N–H and O–H groups in total. The summed E-state index contributed by atoms with van der Waals surface area (Å²) in [5, 5.41) is 12.0. The number of hydrogen-bond acceptors (Lipinski definition) is 12. The van der Waals surface area contributed by atoms with E-state index in [9.17, 15) is 5.11 Å². The second kappa shape index (κ2) is 30.7. The zero-order valence-electron chi connectivity index (χ0n) is 48.9. The lowest BCUT2D eigenvalue weighted by molar-refractivity contribution is -0.398. The number of ether oxygens (including phenoxy) is 10. The first-order chi connectivity index (χ1) is 41.7. The normalized spacial score (nSPS) is 22.5. The Hall–Kier alpha value is -6.50. The van der Waals surface area contributed by atoms with Gasteiger partial charge in [0.05, 0.1) is 66.1 Å². The van der Waals surface area contributed by atoms with Crippen molar-refractivity contribution in [3.63, 3.8) is 0 Å². The molecule has 2 saturated heterocycles. The Morgan fingerprint density at radius 1 is 0.412 bits per heavy atom. The monoisotopic (exact) mass is 1160 g/mol. The van der Waals surface area contributed by atoms with Gasteiger partial charge in [-0.05, 0) is 48.8 Å². The largest absolute Gasteiger partial charge is 0.405 e. The Morgan fingerprint density at radius 2 is 0.788 bits per heavy atom. The first-order valence-electron chi connectivity index (χ1n) is 29.6. The summed E-state index contributed by atoms with van der Waals surface area (Å²) in [5.41, 5.74) is 5.68. The van der Waals surface area contributed by atoms with Crippen LogP contribution in [0.3, 0.4) is 0 Å². The van der Waals surface area contributed by atoms with E-state index >= 15 is 0 Å². The summed E-state index contributed by atoms with van der Waals surface area (Å²) in [6.45, 7) is 7.81. The van der Waals surface area contributed by atoms with Gasteiger partial charge >= 0.3 is 0 Å². The van der Waals surface area contributed by atoms with E-state index in [1.54, 1.807) is 0 Å². The highest BCUT2D eigenvalue weighted by molar-refractivity contribution is 6.99. The van der Waals surface area contributed by atoms with Crippen molar-refractivity contribution in [1.29, 1.82) is 0 Å². The standard InChI is InChI=1S/C72H80O12Si/c1-71(2,3)85(61-40-24-10-25-41-61,62-42-26-11-27-43-62)81-53-64-66(77-48-57-32-16-6-17-33-57)69(80-51-60-38-22-9-23-39-60)72(83-64,54-75-46-55-28-12-4-13-29-55)84-70-68(79-50-59-36-20-8-21-37-59)67(78-49-58-34-18-7-19-35-58)65(63(82-70)52-74-45-44-73)76-47-56-30-14-5-15-31-56/h4-43,63-70,73H,44-54H2,1-3H3/t63-,64-,65-,66-,67+,68-,69+,70-,72+/m1/s1. The molecule has 0 spiro atoms. The Bertz CT molecular complexity index is 3090. The summed E-state index contributed by atoms with van der Waals surface area (Å²) >= 11 is 0. The van der Waals surface area contributed by atoms with Gasteiger partial charge in [-0.3, -0.25) is 0 Å². The van der Waals surface area contributed by atoms with Gasteiger partial charge in [0.25, 0.3) is 8.32 Å². The van der Waals surface area contributed by atoms with Crippen LogP contribution in [-0.2, 0) is 91.4 Å². The summed E-state index contributed by atoms with van der Waals surface area (Å²) < 4.78 is 79.8. The fourth-order valence-corrected chi connectivity index (χ4v) is 16.0. The van der Waals surface area contributed by atoms with Crippen molar-refractivity contribution in [3.8, 4) is 0 Å². The van der Waals surface area contributed by atoms with Gasteiger partial charge in [-0.2, -0.15) is 0 Å². The molecule has 9 atom stereocenters. The van der Waals surface area contributed by atoms with Crippen molar-refractivity contribution in [1.82, 2.24) is 0 Å².